The third kappa shape index (κ3) is 6.62. The smallest absolute Gasteiger partial charge is 0.228 e. The van der Waals surface area contributed by atoms with Crippen molar-refractivity contribution in [3.05, 3.63) is 28.3 Å². The van der Waals surface area contributed by atoms with Crippen LogP contribution in [0.5, 0.6) is 0 Å². The molecule has 5 nitrogen and oxygen atoms in total. The van der Waals surface area contributed by atoms with Crippen molar-refractivity contribution >= 4 is 42.1 Å². The Kier molecular flexibility index (Phi) is 10.3. The standard InChI is InChI=1S/C17H25N3O2S.2ClH/c1-11(2)14(18)5-7-20(4)16(21)9-15-12(3)22-17(19-15)13-6-8-23-10-13;;/h6,8,10-11,14H,5,7,9,18H2,1-4H3;2*1H. The minimum atomic E-state index is 0. The summed E-state index contributed by atoms with van der Waals surface area (Å²) in [6.45, 7) is 6.70. The van der Waals surface area contributed by atoms with Crippen LogP contribution in [-0.2, 0) is 11.2 Å². The van der Waals surface area contributed by atoms with E-state index in [-0.39, 0.29) is 43.2 Å². The molecule has 142 valence electrons. The molecule has 0 aliphatic carbocycles. The lowest BCUT2D eigenvalue weighted by atomic mass is 10.0. The monoisotopic (exact) mass is 407 g/mol. The number of aromatic nitrogens is 1. The first-order chi connectivity index (χ1) is 10.9. The van der Waals surface area contributed by atoms with Crippen LogP contribution in [0, 0.1) is 12.8 Å². The van der Waals surface area contributed by atoms with Gasteiger partial charge < -0.3 is 15.1 Å². The fourth-order valence-electron chi connectivity index (χ4n) is 2.18. The minimum absolute atomic E-state index is 0. The number of hydrogen-bond donors (Lipinski definition) is 1. The number of thiophene rings is 1. The van der Waals surface area contributed by atoms with Gasteiger partial charge in [-0.1, -0.05) is 13.8 Å². The van der Waals surface area contributed by atoms with Crippen LogP contribution >= 0.6 is 36.2 Å². The van der Waals surface area contributed by atoms with Gasteiger partial charge in [-0.05, 0) is 30.7 Å². The molecule has 25 heavy (non-hydrogen) atoms. The molecule has 2 aromatic rings. The first kappa shape index (κ1) is 23.9. The van der Waals surface area contributed by atoms with E-state index in [2.05, 4.69) is 18.8 Å². The lowest BCUT2D eigenvalue weighted by Gasteiger charge is -2.21. The second-order valence-corrected chi connectivity index (χ2v) is 7.00. The Morgan fingerprint density at radius 1 is 1.40 bits per heavy atom. The van der Waals surface area contributed by atoms with Crippen LogP contribution in [0.4, 0.5) is 0 Å². The number of halogens is 2. The Bertz CT molecular complexity index is 644. The highest BCUT2D eigenvalue weighted by Crippen LogP contribution is 2.24. The largest absolute Gasteiger partial charge is 0.441 e. The van der Waals surface area contributed by atoms with Gasteiger partial charge in [0.15, 0.2) is 0 Å². The second kappa shape index (κ2) is 10.8. The van der Waals surface area contributed by atoms with E-state index < -0.39 is 0 Å². The number of rotatable bonds is 7. The molecule has 8 heteroatoms. The van der Waals surface area contributed by atoms with Gasteiger partial charge in [0.25, 0.3) is 0 Å². The lowest BCUT2D eigenvalue weighted by Crippen LogP contribution is -2.35. The van der Waals surface area contributed by atoms with E-state index in [9.17, 15) is 4.79 Å². The highest BCUT2D eigenvalue weighted by molar-refractivity contribution is 7.08. The van der Waals surface area contributed by atoms with Crippen molar-refractivity contribution in [1.82, 2.24) is 9.88 Å². The van der Waals surface area contributed by atoms with E-state index >= 15 is 0 Å². The Morgan fingerprint density at radius 2 is 2.08 bits per heavy atom. The van der Waals surface area contributed by atoms with Gasteiger partial charge >= 0.3 is 0 Å². The number of likely N-dealkylation sites (N-methyl/N-ethyl adjacent to an activating group) is 1. The van der Waals surface area contributed by atoms with E-state index in [1.54, 1.807) is 16.2 Å². The van der Waals surface area contributed by atoms with Crippen molar-refractivity contribution in [3.8, 4) is 11.5 Å². The van der Waals surface area contributed by atoms with Gasteiger partial charge in [-0.25, -0.2) is 4.98 Å². The van der Waals surface area contributed by atoms with Crippen LogP contribution in [0.15, 0.2) is 21.2 Å². The lowest BCUT2D eigenvalue weighted by molar-refractivity contribution is -0.129. The first-order valence-corrected chi connectivity index (χ1v) is 8.81. The van der Waals surface area contributed by atoms with Crippen LogP contribution in [0.2, 0.25) is 0 Å². The number of aryl methyl sites for hydroxylation is 1. The molecule has 0 radical (unpaired) electrons. The topological polar surface area (TPSA) is 72.4 Å². The molecule has 0 saturated heterocycles. The fourth-order valence-corrected chi connectivity index (χ4v) is 2.81. The third-order valence-electron chi connectivity index (χ3n) is 4.06. The second-order valence-electron chi connectivity index (χ2n) is 6.22. The molecule has 1 atom stereocenters. The number of hydrogen-bond acceptors (Lipinski definition) is 5. The Morgan fingerprint density at radius 3 is 2.64 bits per heavy atom. The van der Waals surface area contributed by atoms with Crippen LogP contribution in [0.25, 0.3) is 11.5 Å². The summed E-state index contributed by atoms with van der Waals surface area (Å²) >= 11 is 1.59. The quantitative estimate of drug-likeness (QED) is 0.754. The predicted octanol–water partition coefficient (Wildman–Crippen LogP) is 3.93. The number of nitrogens with zero attached hydrogens (tertiary/aromatic N) is 2. The van der Waals surface area contributed by atoms with Gasteiger partial charge in [-0.2, -0.15) is 11.3 Å². The zero-order chi connectivity index (χ0) is 17.0. The molecular weight excluding hydrogens is 381 g/mol. The number of nitrogens with two attached hydrogens (primary N) is 1. The molecule has 0 spiro atoms. The van der Waals surface area contributed by atoms with E-state index in [1.165, 1.54) is 0 Å². The van der Waals surface area contributed by atoms with Gasteiger partial charge in [0, 0.05) is 30.6 Å². The third-order valence-corrected chi connectivity index (χ3v) is 4.74. The van der Waals surface area contributed by atoms with Gasteiger partial charge in [-0.3, -0.25) is 4.79 Å². The van der Waals surface area contributed by atoms with Crippen LogP contribution < -0.4 is 5.73 Å². The summed E-state index contributed by atoms with van der Waals surface area (Å²) in [5.74, 6) is 1.74. The number of carbonyl (C=O) groups is 1. The summed E-state index contributed by atoms with van der Waals surface area (Å²) in [6.07, 6.45) is 1.06. The van der Waals surface area contributed by atoms with E-state index in [0.29, 0.717) is 29.8 Å². The molecule has 0 aliphatic rings. The molecule has 1 amide bonds. The summed E-state index contributed by atoms with van der Waals surface area (Å²) < 4.78 is 5.67. The number of carbonyl (C=O) groups excluding carboxylic acids is 1. The van der Waals surface area contributed by atoms with Crippen molar-refractivity contribution in [2.24, 2.45) is 11.7 Å². The minimum Gasteiger partial charge on any atom is -0.441 e. The van der Waals surface area contributed by atoms with Gasteiger partial charge in [0.05, 0.1) is 12.1 Å². The van der Waals surface area contributed by atoms with Crippen molar-refractivity contribution < 1.29 is 9.21 Å². The van der Waals surface area contributed by atoms with Crippen LogP contribution in [-0.4, -0.2) is 35.4 Å². The van der Waals surface area contributed by atoms with Gasteiger partial charge in [0.1, 0.15) is 5.76 Å². The Balaban J connectivity index is 0.00000288. The molecule has 2 N–H and O–H groups in total. The number of amides is 1. The van der Waals surface area contributed by atoms with Crippen LogP contribution in [0.3, 0.4) is 0 Å². The van der Waals surface area contributed by atoms with E-state index in [1.807, 2.05) is 30.8 Å². The maximum Gasteiger partial charge on any atom is 0.228 e. The first-order valence-electron chi connectivity index (χ1n) is 7.87. The normalized spacial score (nSPS) is 11.6. The maximum absolute atomic E-state index is 12.3. The average Bonchev–Trinajstić information content (AvgIpc) is 3.14. The Hall–Kier alpha value is -1.08. The summed E-state index contributed by atoms with van der Waals surface area (Å²) in [4.78, 5) is 18.5. The summed E-state index contributed by atoms with van der Waals surface area (Å²) in [6, 6.07) is 2.07. The molecule has 0 aromatic carbocycles. The van der Waals surface area contributed by atoms with Crippen molar-refractivity contribution in [2.45, 2.75) is 39.7 Å². The molecule has 0 fully saturated rings. The van der Waals surface area contributed by atoms with Crippen molar-refractivity contribution in [2.75, 3.05) is 13.6 Å². The SMILES string of the molecule is Cc1oc(-c2ccsc2)nc1CC(=O)N(C)CCC(N)C(C)C.Cl.Cl. The highest BCUT2D eigenvalue weighted by atomic mass is 35.5. The fraction of sp³-hybridized carbons (Fsp3) is 0.529. The molecule has 1 unspecified atom stereocenters. The molecule has 0 bridgehead atoms. The average molecular weight is 408 g/mol. The van der Waals surface area contributed by atoms with Gasteiger partial charge in [0.2, 0.25) is 11.8 Å². The van der Waals surface area contributed by atoms with Crippen molar-refractivity contribution in [3.63, 3.8) is 0 Å². The maximum atomic E-state index is 12.3. The number of oxazole rings is 1. The van der Waals surface area contributed by atoms with Crippen molar-refractivity contribution in [1.29, 1.82) is 0 Å². The summed E-state index contributed by atoms with van der Waals surface area (Å²) in [7, 11) is 1.81. The zero-order valence-corrected chi connectivity index (χ0v) is 17.5. The Labute approximate surface area is 165 Å². The van der Waals surface area contributed by atoms with Crippen LogP contribution in [0.1, 0.15) is 31.7 Å². The summed E-state index contributed by atoms with van der Waals surface area (Å²) in [5.41, 5.74) is 7.69. The molecule has 0 saturated carbocycles. The molecule has 0 aliphatic heterocycles. The highest BCUT2D eigenvalue weighted by Gasteiger charge is 2.18. The van der Waals surface area contributed by atoms with Gasteiger partial charge in [-0.15, -0.1) is 24.8 Å². The predicted molar refractivity (Wildman–Crippen MR) is 108 cm³/mol. The zero-order valence-electron chi connectivity index (χ0n) is 15.0. The molecular formula is C17H27Cl2N3O2S. The molecule has 2 aromatic heterocycles. The summed E-state index contributed by atoms with van der Waals surface area (Å²) in [5, 5.41) is 3.96. The van der Waals surface area contributed by atoms with E-state index in [4.69, 9.17) is 10.2 Å². The van der Waals surface area contributed by atoms with E-state index in [0.717, 1.165) is 12.0 Å². The molecule has 2 heterocycles. The molecule has 2 rings (SSSR count).